The van der Waals surface area contributed by atoms with Crippen LogP contribution in [0, 0.1) is 6.92 Å². The van der Waals surface area contributed by atoms with Crippen LogP contribution in [-0.2, 0) is 0 Å². The summed E-state index contributed by atoms with van der Waals surface area (Å²) in [6, 6.07) is 12.3. The van der Waals surface area contributed by atoms with Gasteiger partial charge in [-0.3, -0.25) is 4.79 Å². The fourth-order valence-corrected chi connectivity index (χ4v) is 2.39. The van der Waals surface area contributed by atoms with Crippen LogP contribution in [0.1, 0.15) is 16.1 Å². The molecule has 0 radical (unpaired) electrons. The summed E-state index contributed by atoms with van der Waals surface area (Å²) < 4.78 is 6.40. The van der Waals surface area contributed by atoms with E-state index in [0.717, 1.165) is 15.4 Å². The van der Waals surface area contributed by atoms with Gasteiger partial charge < -0.3 is 14.8 Å². The maximum atomic E-state index is 12.2. The summed E-state index contributed by atoms with van der Waals surface area (Å²) in [6.45, 7) is 1.86. The predicted octanol–water partition coefficient (Wildman–Crippen LogP) is 4.46. The summed E-state index contributed by atoms with van der Waals surface area (Å²) >= 11 is 3.36. The van der Waals surface area contributed by atoms with Gasteiger partial charge in [-0.15, -0.1) is 0 Å². The van der Waals surface area contributed by atoms with Crippen LogP contribution in [0.2, 0.25) is 0 Å². The summed E-state index contributed by atoms with van der Waals surface area (Å²) in [5.41, 5.74) is 1.90. The lowest BCUT2D eigenvalue weighted by Gasteiger charge is -2.06. The van der Waals surface area contributed by atoms with E-state index in [0.29, 0.717) is 11.3 Å². The van der Waals surface area contributed by atoms with Gasteiger partial charge in [0.1, 0.15) is 11.3 Å². The van der Waals surface area contributed by atoms with Crippen molar-refractivity contribution in [3.8, 4) is 5.75 Å². The number of phenols is 1. The Labute approximate surface area is 129 Å². The molecule has 21 heavy (non-hydrogen) atoms. The first-order valence-corrected chi connectivity index (χ1v) is 7.12. The van der Waals surface area contributed by atoms with E-state index in [1.807, 2.05) is 25.1 Å². The highest BCUT2D eigenvalue weighted by Gasteiger charge is 2.14. The largest absolute Gasteiger partial charge is 0.506 e. The van der Waals surface area contributed by atoms with E-state index >= 15 is 0 Å². The minimum Gasteiger partial charge on any atom is -0.506 e. The van der Waals surface area contributed by atoms with Crippen LogP contribution in [-0.4, -0.2) is 11.0 Å². The summed E-state index contributed by atoms with van der Waals surface area (Å²) in [4.78, 5) is 12.2. The molecule has 1 aromatic heterocycles. The maximum absolute atomic E-state index is 12.2. The highest BCUT2D eigenvalue weighted by atomic mass is 79.9. The number of halogens is 1. The fourth-order valence-electron chi connectivity index (χ4n) is 2.05. The van der Waals surface area contributed by atoms with Crippen molar-refractivity contribution in [1.82, 2.24) is 0 Å². The molecule has 106 valence electrons. The number of hydrogen-bond donors (Lipinski definition) is 2. The van der Waals surface area contributed by atoms with Gasteiger partial charge in [-0.1, -0.05) is 22.0 Å². The molecule has 2 aromatic carbocycles. The molecule has 0 unspecified atom stereocenters. The van der Waals surface area contributed by atoms with Gasteiger partial charge in [-0.05, 0) is 48.9 Å². The lowest BCUT2D eigenvalue weighted by atomic mass is 10.2. The Kier molecular flexibility index (Phi) is 3.43. The second kappa shape index (κ2) is 5.26. The van der Waals surface area contributed by atoms with Gasteiger partial charge in [0.05, 0.1) is 5.69 Å². The first-order chi connectivity index (χ1) is 10.0. The lowest BCUT2D eigenvalue weighted by Crippen LogP contribution is -2.10. The number of nitrogens with one attached hydrogen (secondary N) is 1. The zero-order valence-corrected chi connectivity index (χ0v) is 12.8. The zero-order chi connectivity index (χ0) is 15.0. The van der Waals surface area contributed by atoms with Crippen LogP contribution in [0.15, 0.2) is 51.4 Å². The molecular formula is C16H12BrNO3. The molecular weight excluding hydrogens is 334 g/mol. The van der Waals surface area contributed by atoms with E-state index in [4.69, 9.17) is 4.42 Å². The molecule has 3 aromatic rings. The first kappa shape index (κ1) is 13.7. The van der Waals surface area contributed by atoms with E-state index < -0.39 is 5.91 Å². The second-order valence-corrected chi connectivity index (χ2v) is 5.68. The van der Waals surface area contributed by atoms with E-state index in [1.165, 1.54) is 0 Å². The molecule has 0 aliphatic rings. The monoisotopic (exact) mass is 345 g/mol. The van der Waals surface area contributed by atoms with E-state index in [2.05, 4.69) is 21.2 Å². The normalized spacial score (nSPS) is 10.8. The highest BCUT2D eigenvalue weighted by Crippen LogP contribution is 2.27. The third-order valence-electron chi connectivity index (χ3n) is 3.11. The highest BCUT2D eigenvalue weighted by molar-refractivity contribution is 9.10. The van der Waals surface area contributed by atoms with Gasteiger partial charge in [0.25, 0.3) is 5.91 Å². The molecule has 4 nitrogen and oxygen atoms in total. The number of anilines is 1. The number of hydrogen-bond acceptors (Lipinski definition) is 3. The quantitative estimate of drug-likeness (QED) is 0.674. The smallest absolute Gasteiger partial charge is 0.291 e. The van der Waals surface area contributed by atoms with Crippen LogP contribution in [0.3, 0.4) is 0 Å². The molecule has 0 fully saturated rings. The molecule has 0 saturated carbocycles. The Morgan fingerprint density at radius 3 is 2.76 bits per heavy atom. The molecule has 0 aliphatic carbocycles. The van der Waals surface area contributed by atoms with Crippen LogP contribution in [0.25, 0.3) is 11.0 Å². The number of rotatable bonds is 2. The fraction of sp³-hybridized carbons (Fsp3) is 0.0625. The zero-order valence-electron chi connectivity index (χ0n) is 11.2. The maximum Gasteiger partial charge on any atom is 0.291 e. The van der Waals surface area contributed by atoms with Crippen molar-refractivity contribution < 1.29 is 14.3 Å². The van der Waals surface area contributed by atoms with Crippen LogP contribution in [0.4, 0.5) is 5.69 Å². The van der Waals surface area contributed by atoms with Crippen molar-refractivity contribution >= 4 is 38.5 Å². The number of benzene rings is 2. The predicted molar refractivity (Wildman–Crippen MR) is 84.7 cm³/mol. The van der Waals surface area contributed by atoms with Crippen molar-refractivity contribution in [3.63, 3.8) is 0 Å². The van der Waals surface area contributed by atoms with Gasteiger partial charge in [0, 0.05) is 9.86 Å². The Morgan fingerprint density at radius 2 is 2.00 bits per heavy atom. The van der Waals surface area contributed by atoms with Crippen molar-refractivity contribution in [3.05, 3.63) is 58.3 Å². The van der Waals surface area contributed by atoms with Gasteiger partial charge >= 0.3 is 0 Å². The number of phenolic OH excluding ortho intramolecular Hbond substituents is 1. The van der Waals surface area contributed by atoms with Crippen LogP contribution >= 0.6 is 15.9 Å². The standard InChI is InChI=1S/C16H12BrNO3/c1-9-2-5-12(13(19)6-9)18-16(20)15-7-10-3-4-11(17)8-14(10)21-15/h2-8,19H,1H3,(H,18,20). The number of furan rings is 1. The molecule has 0 saturated heterocycles. The Morgan fingerprint density at radius 1 is 1.19 bits per heavy atom. The second-order valence-electron chi connectivity index (χ2n) is 4.77. The number of aryl methyl sites for hydroxylation is 1. The molecule has 1 amide bonds. The van der Waals surface area contributed by atoms with Crippen LogP contribution in [0.5, 0.6) is 5.75 Å². The summed E-state index contributed by atoms with van der Waals surface area (Å²) in [7, 11) is 0. The molecule has 0 atom stereocenters. The van der Waals surface area contributed by atoms with Crippen molar-refractivity contribution in [2.75, 3.05) is 5.32 Å². The van der Waals surface area contributed by atoms with Gasteiger partial charge in [-0.2, -0.15) is 0 Å². The minimum absolute atomic E-state index is 0.0298. The van der Waals surface area contributed by atoms with E-state index in [9.17, 15) is 9.90 Å². The molecule has 5 heteroatoms. The van der Waals surface area contributed by atoms with Gasteiger partial charge in [0.2, 0.25) is 0 Å². The summed E-state index contributed by atoms with van der Waals surface area (Å²) in [6.07, 6.45) is 0. The first-order valence-electron chi connectivity index (χ1n) is 6.33. The number of amides is 1. The summed E-state index contributed by atoms with van der Waals surface area (Å²) in [5.74, 6) is -0.174. The van der Waals surface area contributed by atoms with Crippen molar-refractivity contribution in [2.24, 2.45) is 0 Å². The molecule has 0 aliphatic heterocycles. The van der Waals surface area contributed by atoms with E-state index in [-0.39, 0.29) is 11.5 Å². The van der Waals surface area contributed by atoms with Crippen molar-refractivity contribution in [1.29, 1.82) is 0 Å². The minimum atomic E-state index is -0.401. The molecule has 1 heterocycles. The Balaban J connectivity index is 1.89. The molecule has 0 spiro atoms. The molecule has 3 rings (SSSR count). The molecule has 0 bridgehead atoms. The average Bonchev–Trinajstić information content (AvgIpc) is 2.85. The third kappa shape index (κ3) is 2.78. The SMILES string of the molecule is Cc1ccc(NC(=O)c2cc3ccc(Br)cc3o2)c(O)c1. The molecule has 2 N–H and O–H groups in total. The van der Waals surface area contributed by atoms with Crippen LogP contribution < -0.4 is 5.32 Å². The number of carbonyl (C=O) groups is 1. The number of fused-ring (bicyclic) bond motifs is 1. The van der Waals surface area contributed by atoms with Crippen molar-refractivity contribution in [2.45, 2.75) is 6.92 Å². The third-order valence-corrected chi connectivity index (χ3v) is 3.60. The number of aromatic hydroxyl groups is 1. The average molecular weight is 346 g/mol. The van der Waals surface area contributed by atoms with Gasteiger partial charge in [0.15, 0.2) is 5.76 Å². The lowest BCUT2D eigenvalue weighted by molar-refractivity contribution is 0.0998. The number of carbonyl (C=O) groups excluding carboxylic acids is 1. The van der Waals surface area contributed by atoms with E-state index in [1.54, 1.807) is 24.3 Å². The Bertz CT molecular complexity index is 839. The van der Waals surface area contributed by atoms with Gasteiger partial charge in [-0.25, -0.2) is 0 Å². The topological polar surface area (TPSA) is 62.5 Å². The summed E-state index contributed by atoms with van der Waals surface area (Å²) in [5, 5.41) is 13.3. The Hall–Kier alpha value is -2.27.